The number of benzene rings is 1. The number of carbonyl (C=O) groups excluding carboxylic acids is 1. The summed E-state index contributed by atoms with van der Waals surface area (Å²) in [5, 5.41) is 0. The van der Waals surface area contributed by atoms with Crippen LogP contribution in [0.3, 0.4) is 0 Å². The van der Waals surface area contributed by atoms with Crippen molar-refractivity contribution < 1.29 is 13.9 Å². The van der Waals surface area contributed by atoms with Crippen LogP contribution >= 0.6 is 0 Å². The van der Waals surface area contributed by atoms with Gasteiger partial charge in [0.1, 0.15) is 5.82 Å². The topological polar surface area (TPSA) is 26.3 Å². The molecule has 0 heterocycles. The second-order valence-corrected chi connectivity index (χ2v) is 2.91. The van der Waals surface area contributed by atoms with Crippen molar-refractivity contribution in [2.45, 2.75) is 27.7 Å². The molecule has 0 aliphatic carbocycles. The lowest BCUT2D eigenvalue weighted by molar-refractivity contribution is 0.0599. The second-order valence-electron chi connectivity index (χ2n) is 2.91. The zero-order chi connectivity index (χ0) is 12.0. The molecule has 0 aliphatic rings. The van der Waals surface area contributed by atoms with Gasteiger partial charge in [0, 0.05) is 0 Å². The summed E-state index contributed by atoms with van der Waals surface area (Å²) >= 11 is 0. The van der Waals surface area contributed by atoms with Crippen molar-refractivity contribution in [3.63, 3.8) is 0 Å². The number of halogens is 1. The predicted molar refractivity (Wildman–Crippen MR) is 58.6 cm³/mol. The van der Waals surface area contributed by atoms with Gasteiger partial charge in [-0.25, -0.2) is 9.18 Å². The van der Waals surface area contributed by atoms with Crippen LogP contribution in [-0.2, 0) is 4.74 Å². The molecule has 0 radical (unpaired) electrons. The van der Waals surface area contributed by atoms with Gasteiger partial charge in [0.2, 0.25) is 0 Å². The fourth-order valence-electron chi connectivity index (χ4n) is 1.14. The Labute approximate surface area is 90.1 Å². The number of aryl methyl sites for hydroxylation is 1. The Bertz CT molecular complexity index is 346. The Morgan fingerprint density at radius 1 is 1.27 bits per heavy atom. The summed E-state index contributed by atoms with van der Waals surface area (Å²) in [6.07, 6.45) is 0. The maximum Gasteiger partial charge on any atom is 0.338 e. The molecule has 1 rings (SSSR count). The number of esters is 1. The highest BCUT2D eigenvalue weighted by Gasteiger charge is 2.12. The van der Waals surface area contributed by atoms with Gasteiger partial charge in [0.15, 0.2) is 0 Å². The number of methoxy groups -OCH3 is 1. The molecule has 0 saturated heterocycles. The van der Waals surface area contributed by atoms with Gasteiger partial charge in [-0.3, -0.25) is 0 Å². The third kappa shape index (κ3) is 3.35. The summed E-state index contributed by atoms with van der Waals surface area (Å²) in [5.74, 6) is -0.875. The van der Waals surface area contributed by atoms with E-state index in [1.807, 2.05) is 13.8 Å². The minimum Gasteiger partial charge on any atom is -0.465 e. The quantitative estimate of drug-likeness (QED) is 0.668. The van der Waals surface area contributed by atoms with E-state index >= 15 is 0 Å². The Morgan fingerprint density at radius 3 is 2.27 bits per heavy atom. The predicted octanol–water partition coefficient (Wildman–Crippen LogP) is 3.26. The molecule has 2 nitrogen and oxygen atoms in total. The Morgan fingerprint density at radius 2 is 1.80 bits per heavy atom. The SMILES string of the molecule is CC.COC(=O)c1cc(C)cc(F)c1C. The lowest BCUT2D eigenvalue weighted by Crippen LogP contribution is -2.05. The summed E-state index contributed by atoms with van der Waals surface area (Å²) < 4.78 is 17.7. The van der Waals surface area contributed by atoms with Crippen LogP contribution in [0, 0.1) is 19.7 Å². The van der Waals surface area contributed by atoms with Crippen molar-refractivity contribution in [1.82, 2.24) is 0 Å². The normalized spacial score (nSPS) is 8.93. The molecule has 0 bridgehead atoms. The molecule has 1 aromatic rings. The molecule has 15 heavy (non-hydrogen) atoms. The van der Waals surface area contributed by atoms with Gasteiger partial charge in [0.05, 0.1) is 12.7 Å². The number of hydrogen-bond donors (Lipinski definition) is 0. The number of carbonyl (C=O) groups is 1. The fraction of sp³-hybridized carbons (Fsp3) is 0.417. The molecular formula is C12H17FO2. The average Bonchev–Trinajstić information content (AvgIpc) is 2.25. The van der Waals surface area contributed by atoms with E-state index in [2.05, 4.69) is 4.74 Å². The van der Waals surface area contributed by atoms with E-state index in [1.54, 1.807) is 19.9 Å². The van der Waals surface area contributed by atoms with Gasteiger partial charge in [-0.05, 0) is 37.1 Å². The van der Waals surface area contributed by atoms with Crippen LogP contribution in [0.15, 0.2) is 12.1 Å². The Hall–Kier alpha value is -1.38. The maximum atomic E-state index is 13.1. The number of rotatable bonds is 1. The van der Waals surface area contributed by atoms with Crippen LogP contribution in [-0.4, -0.2) is 13.1 Å². The van der Waals surface area contributed by atoms with E-state index in [0.717, 1.165) is 0 Å². The maximum absolute atomic E-state index is 13.1. The summed E-state index contributed by atoms with van der Waals surface area (Å²) in [5.41, 5.74) is 1.33. The molecule has 0 aromatic heterocycles. The lowest BCUT2D eigenvalue weighted by Gasteiger charge is -2.05. The van der Waals surface area contributed by atoms with Crippen LogP contribution in [0.1, 0.15) is 35.3 Å². The first-order valence-corrected chi connectivity index (χ1v) is 4.91. The van der Waals surface area contributed by atoms with Crippen LogP contribution in [0.2, 0.25) is 0 Å². The minimum absolute atomic E-state index is 0.292. The number of hydrogen-bond acceptors (Lipinski definition) is 2. The van der Waals surface area contributed by atoms with Gasteiger partial charge in [-0.2, -0.15) is 0 Å². The van der Waals surface area contributed by atoms with Crippen LogP contribution in [0.4, 0.5) is 4.39 Å². The summed E-state index contributed by atoms with van der Waals surface area (Å²) in [7, 11) is 1.28. The van der Waals surface area contributed by atoms with E-state index in [0.29, 0.717) is 16.7 Å². The monoisotopic (exact) mass is 212 g/mol. The highest BCUT2D eigenvalue weighted by Crippen LogP contribution is 2.15. The van der Waals surface area contributed by atoms with Crippen LogP contribution in [0.5, 0.6) is 0 Å². The standard InChI is InChI=1S/C10H11FO2.C2H6/c1-6-4-8(10(12)13-3)7(2)9(11)5-6;1-2/h4-5H,1-3H3;1-2H3. The van der Waals surface area contributed by atoms with Crippen LogP contribution < -0.4 is 0 Å². The molecule has 0 saturated carbocycles. The third-order valence-corrected chi connectivity index (χ3v) is 1.89. The number of ether oxygens (including phenoxy) is 1. The summed E-state index contributed by atoms with van der Waals surface area (Å²) in [6.45, 7) is 7.29. The molecule has 84 valence electrons. The van der Waals surface area contributed by atoms with Gasteiger partial charge >= 0.3 is 5.97 Å². The third-order valence-electron chi connectivity index (χ3n) is 1.89. The molecule has 3 heteroatoms. The zero-order valence-electron chi connectivity index (χ0n) is 9.85. The zero-order valence-corrected chi connectivity index (χ0v) is 9.85. The smallest absolute Gasteiger partial charge is 0.338 e. The van der Waals surface area contributed by atoms with Gasteiger partial charge in [0.25, 0.3) is 0 Å². The summed E-state index contributed by atoms with van der Waals surface area (Å²) in [4.78, 5) is 11.1. The molecule has 0 N–H and O–H groups in total. The van der Waals surface area contributed by atoms with E-state index < -0.39 is 5.97 Å². The highest BCUT2D eigenvalue weighted by atomic mass is 19.1. The van der Waals surface area contributed by atoms with Crippen molar-refractivity contribution in [3.8, 4) is 0 Å². The van der Waals surface area contributed by atoms with Crippen molar-refractivity contribution >= 4 is 5.97 Å². The van der Waals surface area contributed by atoms with Gasteiger partial charge in [-0.15, -0.1) is 0 Å². The fourth-order valence-corrected chi connectivity index (χ4v) is 1.14. The molecule has 1 aromatic carbocycles. The van der Waals surface area contributed by atoms with E-state index in [-0.39, 0.29) is 5.82 Å². The minimum atomic E-state index is -0.500. The first kappa shape index (κ1) is 13.6. The van der Waals surface area contributed by atoms with Crippen molar-refractivity contribution in [2.75, 3.05) is 7.11 Å². The van der Waals surface area contributed by atoms with Crippen molar-refractivity contribution in [2.24, 2.45) is 0 Å². The van der Waals surface area contributed by atoms with Crippen LogP contribution in [0.25, 0.3) is 0 Å². The van der Waals surface area contributed by atoms with Gasteiger partial charge < -0.3 is 4.74 Å². The molecule has 0 unspecified atom stereocenters. The van der Waals surface area contributed by atoms with E-state index in [9.17, 15) is 9.18 Å². The highest BCUT2D eigenvalue weighted by molar-refractivity contribution is 5.91. The average molecular weight is 212 g/mol. The second kappa shape index (κ2) is 6.17. The molecule has 0 aliphatic heterocycles. The van der Waals surface area contributed by atoms with Gasteiger partial charge in [-0.1, -0.05) is 13.8 Å². The molecular weight excluding hydrogens is 195 g/mol. The molecule has 0 spiro atoms. The van der Waals surface area contributed by atoms with Crippen molar-refractivity contribution in [1.29, 1.82) is 0 Å². The molecule has 0 amide bonds. The summed E-state index contributed by atoms with van der Waals surface area (Å²) in [6, 6.07) is 3.01. The van der Waals surface area contributed by atoms with E-state index in [4.69, 9.17) is 0 Å². The Kier molecular flexibility index (Phi) is 5.60. The van der Waals surface area contributed by atoms with Crippen molar-refractivity contribution in [3.05, 3.63) is 34.6 Å². The first-order chi connectivity index (χ1) is 7.06. The first-order valence-electron chi connectivity index (χ1n) is 4.91. The Balaban J connectivity index is 0.000000921. The van der Waals surface area contributed by atoms with E-state index in [1.165, 1.54) is 13.2 Å². The molecule has 0 atom stereocenters. The largest absolute Gasteiger partial charge is 0.465 e. The lowest BCUT2D eigenvalue weighted by atomic mass is 10.1. The molecule has 0 fully saturated rings.